The van der Waals surface area contributed by atoms with Crippen molar-refractivity contribution in [1.82, 2.24) is 4.31 Å². The lowest BCUT2D eigenvalue weighted by Crippen LogP contribution is -2.30. The quantitative estimate of drug-likeness (QED) is 0.600. The molecule has 2 aromatic rings. The molecule has 4 nitrogen and oxygen atoms in total. The zero-order valence-corrected chi connectivity index (χ0v) is 17.8. The van der Waals surface area contributed by atoms with Gasteiger partial charge in [-0.2, -0.15) is 4.31 Å². The van der Waals surface area contributed by atoms with E-state index in [1.54, 1.807) is 18.9 Å². The predicted molar refractivity (Wildman–Crippen MR) is 106 cm³/mol. The lowest BCUT2D eigenvalue weighted by atomic mass is 10.2. The van der Waals surface area contributed by atoms with Crippen molar-refractivity contribution in [1.29, 1.82) is 0 Å². The minimum Gasteiger partial charge on any atom is -0.496 e. The minimum atomic E-state index is -3.68. The van der Waals surface area contributed by atoms with Crippen LogP contribution in [0.5, 0.6) is 5.75 Å². The van der Waals surface area contributed by atoms with Gasteiger partial charge in [0.05, 0.1) is 31.9 Å². The van der Waals surface area contributed by atoms with Gasteiger partial charge in [0.25, 0.3) is 0 Å². The Kier molecular flexibility index (Phi) is 5.92. The number of hydrogen-bond donors (Lipinski definition) is 0. The Morgan fingerprint density at radius 3 is 2.60 bits per heavy atom. The molecule has 134 valence electrons. The van der Waals surface area contributed by atoms with Crippen LogP contribution in [0.2, 0.25) is 10.0 Å². The van der Waals surface area contributed by atoms with E-state index in [2.05, 4.69) is 15.9 Å². The normalized spacial score (nSPS) is 18.5. The molecule has 0 saturated carbocycles. The largest absolute Gasteiger partial charge is 0.496 e. The average Bonchev–Trinajstić information content (AvgIpc) is 3.07. The number of sulfonamides is 1. The number of hydrogen-bond acceptors (Lipinski definition) is 4. The van der Waals surface area contributed by atoms with Crippen LogP contribution in [0.4, 0.5) is 0 Å². The van der Waals surface area contributed by atoms with Gasteiger partial charge in [0.2, 0.25) is 10.0 Å². The molecule has 1 fully saturated rings. The third-order valence-electron chi connectivity index (χ3n) is 3.81. The lowest BCUT2D eigenvalue weighted by molar-refractivity contribution is 0.410. The van der Waals surface area contributed by atoms with Gasteiger partial charge in [-0.15, -0.1) is 11.8 Å². The smallest absolute Gasteiger partial charge is 0.244 e. The summed E-state index contributed by atoms with van der Waals surface area (Å²) in [6, 6.07) is 9.96. The zero-order valence-electron chi connectivity index (χ0n) is 13.1. The summed E-state index contributed by atoms with van der Waals surface area (Å²) < 4.78 is 33.6. The first kappa shape index (κ1) is 19.3. The van der Waals surface area contributed by atoms with E-state index in [4.69, 9.17) is 27.9 Å². The van der Waals surface area contributed by atoms with Crippen molar-refractivity contribution < 1.29 is 13.2 Å². The van der Waals surface area contributed by atoms with Gasteiger partial charge in [0.15, 0.2) is 0 Å². The van der Waals surface area contributed by atoms with E-state index >= 15 is 0 Å². The van der Waals surface area contributed by atoms with Crippen molar-refractivity contribution >= 4 is 60.9 Å². The van der Waals surface area contributed by atoms with Crippen LogP contribution in [0.25, 0.3) is 0 Å². The molecule has 25 heavy (non-hydrogen) atoms. The first-order valence-corrected chi connectivity index (χ1v) is 11.3. The molecular weight excluding hydrogens is 469 g/mol. The molecule has 0 radical (unpaired) electrons. The number of halogens is 3. The molecule has 3 rings (SSSR count). The Hall–Kier alpha value is -0.440. The van der Waals surface area contributed by atoms with E-state index in [1.165, 1.54) is 22.5 Å². The summed E-state index contributed by atoms with van der Waals surface area (Å²) in [5.74, 6) is 1.42. The fourth-order valence-electron chi connectivity index (χ4n) is 2.57. The van der Waals surface area contributed by atoms with Crippen LogP contribution in [0.1, 0.15) is 10.9 Å². The molecule has 1 heterocycles. The van der Waals surface area contributed by atoms with Crippen molar-refractivity contribution in [2.24, 2.45) is 0 Å². The first-order valence-electron chi connectivity index (χ1n) is 7.26. The Balaban J connectivity index is 1.97. The monoisotopic (exact) mass is 481 g/mol. The maximum Gasteiger partial charge on any atom is 0.244 e. The van der Waals surface area contributed by atoms with E-state index in [-0.39, 0.29) is 15.3 Å². The maximum atomic E-state index is 13.1. The Morgan fingerprint density at radius 2 is 1.96 bits per heavy atom. The number of ether oxygens (including phenoxy) is 1. The van der Waals surface area contributed by atoms with Crippen molar-refractivity contribution in [3.05, 3.63) is 56.5 Å². The van der Waals surface area contributed by atoms with Gasteiger partial charge < -0.3 is 4.74 Å². The highest BCUT2D eigenvalue weighted by Gasteiger charge is 2.37. The van der Waals surface area contributed by atoms with E-state index in [0.717, 1.165) is 15.8 Å². The maximum absolute atomic E-state index is 13.1. The molecule has 1 saturated heterocycles. The van der Waals surface area contributed by atoms with Crippen LogP contribution in [0, 0.1) is 0 Å². The summed E-state index contributed by atoms with van der Waals surface area (Å²) in [6.45, 7) is 0.432. The second kappa shape index (κ2) is 7.66. The van der Waals surface area contributed by atoms with Crippen LogP contribution in [-0.4, -0.2) is 32.1 Å². The SMILES string of the molecule is COc1ccc([C@H]2SCCN2S(=O)(=O)c2ccc(Cl)c(Cl)c2)cc1Br. The second-order valence-electron chi connectivity index (χ2n) is 5.31. The van der Waals surface area contributed by atoms with Crippen molar-refractivity contribution in [3.8, 4) is 5.75 Å². The number of thioether (sulfide) groups is 1. The Morgan fingerprint density at radius 1 is 1.20 bits per heavy atom. The van der Waals surface area contributed by atoms with Crippen LogP contribution in [0.3, 0.4) is 0 Å². The standard InChI is InChI=1S/C16H14BrCl2NO3S2/c1-23-15-5-2-10(8-12(15)17)16-20(6-7-24-16)25(21,22)11-3-4-13(18)14(19)9-11/h2-5,8-9,16H,6-7H2,1H3/t16-/m1/s1. The van der Waals surface area contributed by atoms with Gasteiger partial charge in [-0.25, -0.2) is 8.42 Å². The van der Waals surface area contributed by atoms with E-state index in [1.807, 2.05) is 18.2 Å². The molecule has 2 aromatic carbocycles. The molecule has 0 spiro atoms. The molecule has 0 aromatic heterocycles. The second-order valence-corrected chi connectivity index (χ2v) is 10.1. The van der Waals surface area contributed by atoms with E-state index in [9.17, 15) is 8.42 Å². The van der Waals surface area contributed by atoms with Gasteiger partial charge in [-0.05, 0) is 51.8 Å². The fraction of sp³-hybridized carbons (Fsp3) is 0.250. The van der Waals surface area contributed by atoms with E-state index in [0.29, 0.717) is 17.3 Å². The highest BCUT2D eigenvalue weighted by Crippen LogP contribution is 2.43. The van der Waals surface area contributed by atoms with Gasteiger partial charge in [0.1, 0.15) is 5.75 Å². The summed E-state index contributed by atoms with van der Waals surface area (Å²) in [5, 5.41) is 0.243. The molecule has 0 N–H and O–H groups in total. The lowest BCUT2D eigenvalue weighted by Gasteiger charge is -2.24. The highest BCUT2D eigenvalue weighted by molar-refractivity contribution is 9.10. The van der Waals surface area contributed by atoms with Crippen LogP contribution >= 0.6 is 50.9 Å². The summed E-state index contributed by atoms with van der Waals surface area (Å²) >= 11 is 16.9. The van der Waals surface area contributed by atoms with Crippen molar-refractivity contribution in [3.63, 3.8) is 0 Å². The average molecular weight is 483 g/mol. The fourth-order valence-corrected chi connectivity index (χ4v) is 6.75. The summed E-state index contributed by atoms with van der Waals surface area (Å²) in [7, 11) is -2.09. The number of methoxy groups -OCH3 is 1. The molecule has 9 heteroatoms. The highest BCUT2D eigenvalue weighted by atomic mass is 79.9. The first-order chi connectivity index (χ1) is 11.8. The van der Waals surface area contributed by atoms with Crippen LogP contribution in [-0.2, 0) is 10.0 Å². The predicted octanol–water partition coefficient (Wildman–Crippen LogP) is 5.20. The Labute approximate surface area is 169 Å². The molecule has 1 aliphatic heterocycles. The number of benzene rings is 2. The van der Waals surface area contributed by atoms with Gasteiger partial charge in [0, 0.05) is 12.3 Å². The molecule has 0 amide bonds. The van der Waals surface area contributed by atoms with Crippen LogP contribution in [0.15, 0.2) is 45.8 Å². The molecule has 1 atom stereocenters. The summed E-state index contributed by atoms with van der Waals surface area (Å²) in [6.07, 6.45) is 0. The van der Waals surface area contributed by atoms with Gasteiger partial charge >= 0.3 is 0 Å². The van der Waals surface area contributed by atoms with E-state index < -0.39 is 10.0 Å². The Bertz CT molecular complexity index is 908. The number of nitrogens with zero attached hydrogens (tertiary/aromatic N) is 1. The van der Waals surface area contributed by atoms with Crippen LogP contribution < -0.4 is 4.74 Å². The van der Waals surface area contributed by atoms with Gasteiger partial charge in [-0.3, -0.25) is 0 Å². The molecular formula is C16H14BrCl2NO3S2. The summed E-state index contributed by atoms with van der Waals surface area (Å²) in [5.41, 5.74) is 0.888. The minimum absolute atomic E-state index is 0.141. The molecule has 1 aliphatic rings. The molecule has 0 bridgehead atoms. The topological polar surface area (TPSA) is 46.6 Å². The zero-order chi connectivity index (χ0) is 18.2. The van der Waals surface area contributed by atoms with Crippen molar-refractivity contribution in [2.45, 2.75) is 10.3 Å². The van der Waals surface area contributed by atoms with Crippen molar-refractivity contribution in [2.75, 3.05) is 19.4 Å². The third kappa shape index (κ3) is 3.82. The number of rotatable bonds is 4. The molecule has 0 aliphatic carbocycles. The summed E-state index contributed by atoms with van der Waals surface area (Å²) in [4.78, 5) is 0.141. The molecule has 0 unspecified atom stereocenters. The third-order valence-corrected chi connectivity index (χ3v) is 8.42. The van der Waals surface area contributed by atoms with Gasteiger partial charge in [-0.1, -0.05) is 29.3 Å².